The zero-order valence-electron chi connectivity index (χ0n) is 7.05. The smallest absolute Gasteiger partial charge is 0.0810 e. The Hall–Kier alpha value is -0.120. The van der Waals surface area contributed by atoms with Crippen LogP contribution in [0.25, 0.3) is 0 Å². The second kappa shape index (κ2) is 5.65. The number of rotatable bonds is 5. The molecule has 0 heterocycles. The van der Waals surface area contributed by atoms with Gasteiger partial charge in [-0.25, -0.2) is 0 Å². The SMILES string of the molecule is CCCONC(N)C(C)C. The van der Waals surface area contributed by atoms with Crippen molar-refractivity contribution in [1.82, 2.24) is 5.48 Å². The van der Waals surface area contributed by atoms with E-state index in [2.05, 4.69) is 12.4 Å². The van der Waals surface area contributed by atoms with E-state index in [1.54, 1.807) is 0 Å². The summed E-state index contributed by atoms with van der Waals surface area (Å²) >= 11 is 0. The topological polar surface area (TPSA) is 47.3 Å². The first-order chi connectivity index (χ1) is 4.68. The second-order valence-corrected chi connectivity index (χ2v) is 2.74. The third kappa shape index (κ3) is 4.73. The fourth-order valence-corrected chi connectivity index (χ4v) is 0.393. The molecule has 0 aromatic rings. The summed E-state index contributed by atoms with van der Waals surface area (Å²) in [5.41, 5.74) is 8.38. The average Bonchev–Trinajstić information content (AvgIpc) is 1.88. The van der Waals surface area contributed by atoms with Crippen molar-refractivity contribution in [2.45, 2.75) is 33.4 Å². The van der Waals surface area contributed by atoms with Gasteiger partial charge in [0.1, 0.15) is 0 Å². The first-order valence-electron chi connectivity index (χ1n) is 3.81. The summed E-state index contributed by atoms with van der Waals surface area (Å²) in [6.45, 7) is 6.88. The predicted octanol–water partition coefficient (Wildman–Crippen LogP) is 0.858. The predicted molar refractivity (Wildman–Crippen MR) is 42.2 cm³/mol. The number of hydroxylamine groups is 1. The molecule has 0 aromatic carbocycles. The Balaban J connectivity index is 3.13. The van der Waals surface area contributed by atoms with Gasteiger partial charge in [-0.1, -0.05) is 20.8 Å². The van der Waals surface area contributed by atoms with Gasteiger partial charge in [-0.05, 0) is 12.3 Å². The minimum atomic E-state index is -0.0495. The summed E-state index contributed by atoms with van der Waals surface area (Å²) in [5.74, 6) is 0.414. The van der Waals surface area contributed by atoms with Crippen molar-refractivity contribution in [1.29, 1.82) is 0 Å². The molecule has 0 aliphatic rings. The highest BCUT2D eigenvalue weighted by Gasteiger charge is 2.04. The third-order valence-corrected chi connectivity index (χ3v) is 1.24. The van der Waals surface area contributed by atoms with E-state index in [1.807, 2.05) is 13.8 Å². The molecule has 0 amide bonds. The summed E-state index contributed by atoms with van der Waals surface area (Å²) in [6.07, 6.45) is 0.962. The maximum atomic E-state index is 5.62. The van der Waals surface area contributed by atoms with E-state index in [9.17, 15) is 0 Å². The Labute approximate surface area is 62.9 Å². The minimum Gasteiger partial charge on any atom is -0.314 e. The quantitative estimate of drug-likeness (QED) is 0.343. The molecule has 0 saturated carbocycles. The van der Waals surface area contributed by atoms with E-state index in [-0.39, 0.29) is 6.17 Å². The van der Waals surface area contributed by atoms with Crippen molar-refractivity contribution in [3.05, 3.63) is 0 Å². The Morgan fingerprint density at radius 1 is 1.50 bits per heavy atom. The van der Waals surface area contributed by atoms with Gasteiger partial charge in [0.15, 0.2) is 0 Å². The molecule has 3 heteroatoms. The van der Waals surface area contributed by atoms with E-state index in [1.165, 1.54) is 0 Å². The van der Waals surface area contributed by atoms with Crippen LogP contribution in [0.15, 0.2) is 0 Å². The lowest BCUT2D eigenvalue weighted by Gasteiger charge is -2.16. The molecule has 3 nitrogen and oxygen atoms in total. The van der Waals surface area contributed by atoms with Crippen LogP contribution >= 0.6 is 0 Å². The van der Waals surface area contributed by atoms with E-state index in [0.29, 0.717) is 5.92 Å². The van der Waals surface area contributed by atoms with Gasteiger partial charge in [0.25, 0.3) is 0 Å². The van der Waals surface area contributed by atoms with Gasteiger partial charge in [-0.15, -0.1) is 0 Å². The second-order valence-electron chi connectivity index (χ2n) is 2.74. The Kier molecular flexibility index (Phi) is 5.58. The molecular formula is C7H18N2O. The lowest BCUT2D eigenvalue weighted by molar-refractivity contribution is 0.00691. The maximum absolute atomic E-state index is 5.62. The molecule has 1 atom stereocenters. The van der Waals surface area contributed by atoms with Gasteiger partial charge in [0.2, 0.25) is 0 Å². The van der Waals surface area contributed by atoms with Crippen LogP contribution in [0.5, 0.6) is 0 Å². The first kappa shape index (κ1) is 9.88. The third-order valence-electron chi connectivity index (χ3n) is 1.24. The highest BCUT2D eigenvalue weighted by Crippen LogP contribution is 1.93. The summed E-state index contributed by atoms with van der Waals surface area (Å²) < 4.78 is 0. The standard InChI is InChI=1S/C7H18N2O/c1-4-5-10-9-7(8)6(2)3/h6-7,9H,4-5,8H2,1-3H3. The molecule has 0 saturated heterocycles. The number of nitrogens with two attached hydrogens (primary N) is 1. The summed E-state index contributed by atoms with van der Waals surface area (Å²) in [7, 11) is 0. The van der Waals surface area contributed by atoms with Crippen molar-refractivity contribution >= 4 is 0 Å². The van der Waals surface area contributed by atoms with E-state index < -0.39 is 0 Å². The molecule has 0 aromatic heterocycles. The summed E-state index contributed by atoms with van der Waals surface area (Å²) in [6, 6.07) is 0. The molecule has 0 spiro atoms. The van der Waals surface area contributed by atoms with E-state index >= 15 is 0 Å². The largest absolute Gasteiger partial charge is 0.314 e. The average molecular weight is 146 g/mol. The summed E-state index contributed by atoms with van der Waals surface area (Å²) in [5, 5.41) is 0. The van der Waals surface area contributed by atoms with Crippen molar-refractivity contribution in [2.75, 3.05) is 6.61 Å². The van der Waals surface area contributed by atoms with Crippen LogP contribution in [-0.2, 0) is 4.84 Å². The molecule has 0 bridgehead atoms. The zero-order chi connectivity index (χ0) is 7.98. The number of nitrogens with one attached hydrogen (secondary N) is 1. The van der Waals surface area contributed by atoms with Crippen molar-refractivity contribution < 1.29 is 4.84 Å². The molecule has 0 fully saturated rings. The molecule has 0 aliphatic carbocycles. The van der Waals surface area contributed by atoms with Crippen molar-refractivity contribution in [2.24, 2.45) is 11.7 Å². The Bertz CT molecular complexity index is 76.0. The maximum Gasteiger partial charge on any atom is 0.0810 e. The number of hydrogen-bond acceptors (Lipinski definition) is 3. The molecule has 0 aliphatic heterocycles. The lowest BCUT2D eigenvalue weighted by atomic mass is 10.2. The minimum absolute atomic E-state index is 0.0495. The highest BCUT2D eigenvalue weighted by molar-refractivity contribution is 4.55. The van der Waals surface area contributed by atoms with Gasteiger partial charge < -0.3 is 10.6 Å². The molecule has 0 rings (SSSR count). The van der Waals surface area contributed by atoms with E-state index in [4.69, 9.17) is 10.6 Å². The first-order valence-corrected chi connectivity index (χ1v) is 3.81. The van der Waals surface area contributed by atoms with Gasteiger partial charge in [-0.3, -0.25) is 0 Å². The van der Waals surface area contributed by atoms with Crippen LogP contribution in [0.3, 0.4) is 0 Å². The van der Waals surface area contributed by atoms with Gasteiger partial charge in [0, 0.05) is 0 Å². The molecule has 1 unspecified atom stereocenters. The van der Waals surface area contributed by atoms with Crippen LogP contribution in [-0.4, -0.2) is 12.8 Å². The van der Waals surface area contributed by atoms with Crippen LogP contribution in [0.4, 0.5) is 0 Å². The zero-order valence-corrected chi connectivity index (χ0v) is 7.05. The molecular weight excluding hydrogens is 128 g/mol. The van der Waals surface area contributed by atoms with Crippen LogP contribution < -0.4 is 11.2 Å². The highest BCUT2D eigenvalue weighted by atomic mass is 16.6. The normalized spacial score (nSPS) is 14.1. The van der Waals surface area contributed by atoms with Gasteiger partial charge >= 0.3 is 0 Å². The Morgan fingerprint density at radius 3 is 2.50 bits per heavy atom. The van der Waals surface area contributed by atoms with Crippen LogP contribution in [0.2, 0.25) is 0 Å². The molecule has 0 radical (unpaired) electrons. The molecule has 62 valence electrons. The summed E-state index contributed by atoms with van der Waals surface area (Å²) in [4.78, 5) is 5.03. The number of hydrogen-bond donors (Lipinski definition) is 2. The van der Waals surface area contributed by atoms with Crippen molar-refractivity contribution in [3.8, 4) is 0 Å². The van der Waals surface area contributed by atoms with Crippen molar-refractivity contribution in [3.63, 3.8) is 0 Å². The van der Waals surface area contributed by atoms with Crippen LogP contribution in [0, 0.1) is 5.92 Å². The fraction of sp³-hybridized carbons (Fsp3) is 1.00. The monoisotopic (exact) mass is 146 g/mol. The van der Waals surface area contributed by atoms with Crippen LogP contribution in [0.1, 0.15) is 27.2 Å². The Morgan fingerprint density at radius 2 is 2.10 bits per heavy atom. The fourth-order valence-electron chi connectivity index (χ4n) is 0.393. The lowest BCUT2D eigenvalue weighted by Crippen LogP contribution is -2.41. The molecule has 10 heavy (non-hydrogen) atoms. The van der Waals surface area contributed by atoms with Gasteiger partial charge in [0.05, 0.1) is 12.8 Å². The van der Waals surface area contributed by atoms with Gasteiger partial charge in [-0.2, -0.15) is 5.48 Å². The molecule has 3 N–H and O–H groups in total. The van der Waals surface area contributed by atoms with E-state index in [0.717, 1.165) is 13.0 Å².